The molecule has 0 aliphatic carbocycles. The average Bonchev–Trinajstić information content (AvgIpc) is 2.93. The second-order valence-electron chi connectivity index (χ2n) is 9.41. The fourth-order valence-electron chi connectivity index (χ4n) is 4.19. The highest BCUT2D eigenvalue weighted by atomic mass is 16.5. The minimum Gasteiger partial charge on any atom is -0.495 e. The highest BCUT2D eigenvalue weighted by Gasteiger charge is 2.16. The first-order valence-corrected chi connectivity index (χ1v) is 13.0. The van der Waals surface area contributed by atoms with Gasteiger partial charge in [0.05, 0.1) is 12.8 Å². The van der Waals surface area contributed by atoms with Gasteiger partial charge in [0.25, 0.3) is 5.91 Å². The number of ether oxygens (including phenoxy) is 1. The van der Waals surface area contributed by atoms with Crippen LogP contribution in [0.15, 0.2) is 66.7 Å². The molecular formula is C31H39N3O3. The summed E-state index contributed by atoms with van der Waals surface area (Å²) in [5, 5.41) is 2.86. The van der Waals surface area contributed by atoms with Crippen molar-refractivity contribution in [3.8, 4) is 5.75 Å². The van der Waals surface area contributed by atoms with Crippen LogP contribution in [-0.4, -0.2) is 57.4 Å². The molecule has 1 aliphatic rings. The van der Waals surface area contributed by atoms with Crippen molar-refractivity contribution in [2.24, 2.45) is 0 Å². The third kappa shape index (κ3) is 8.19. The monoisotopic (exact) mass is 501 g/mol. The lowest BCUT2D eigenvalue weighted by Crippen LogP contribution is -2.44. The number of likely N-dealkylation sites (N-methyl/N-ethyl adjacent to an activating group) is 1. The number of carbonyl (C=O) groups is 2. The minimum atomic E-state index is -0.204. The van der Waals surface area contributed by atoms with Gasteiger partial charge in [0.1, 0.15) is 12.0 Å². The predicted molar refractivity (Wildman–Crippen MR) is 152 cm³/mol. The number of para-hydroxylation sites is 2. The third-order valence-electron chi connectivity index (χ3n) is 6.63. The molecule has 0 atom stereocenters. The molecule has 1 saturated heterocycles. The van der Waals surface area contributed by atoms with Crippen LogP contribution in [0.4, 0.5) is 11.4 Å². The summed E-state index contributed by atoms with van der Waals surface area (Å²) in [6.07, 6.45) is 4.18. The number of nitrogens with one attached hydrogen (secondary N) is 1. The van der Waals surface area contributed by atoms with E-state index >= 15 is 0 Å². The molecule has 1 N–H and O–H groups in total. The number of hydrogen-bond acceptors (Lipinski definition) is 5. The summed E-state index contributed by atoms with van der Waals surface area (Å²) in [5.41, 5.74) is 5.15. The number of hydrogen-bond donors (Lipinski definition) is 1. The molecule has 37 heavy (non-hydrogen) atoms. The molecule has 196 valence electrons. The molecular weight excluding hydrogens is 462 g/mol. The molecule has 1 heterocycles. The van der Waals surface area contributed by atoms with Crippen molar-refractivity contribution in [3.05, 3.63) is 89.0 Å². The van der Waals surface area contributed by atoms with E-state index in [9.17, 15) is 9.59 Å². The molecule has 0 unspecified atom stereocenters. The zero-order valence-corrected chi connectivity index (χ0v) is 22.5. The number of nitrogens with zero attached hydrogens (tertiary/aromatic N) is 2. The summed E-state index contributed by atoms with van der Waals surface area (Å²) in [6.45, 7) is 8.42. The number of benzene rings is 3. The van der Waals surface area contributed by atoms with Crippen molar-refractivity contribution in [3.63, 3.8) is 0 Å². The molecule has 0 spiro atoms. The van der Waals surface area contributed by atoms with E-state index in [0.29, 0.717) is 11.1 Å². The quantitative estimate of drug-likeness (QED) is 0.393. The van der Waals surface area contributed by atoms with Crippen LogP contribution in [0.2, 0.25) is 0 Å². The number of aryl methyl sites for hydroxylation is 2. The highest BCUT2D eigenvalue weighted by Crippen LogP contribution is 2.28. The van der Waals surface area contributed by atoms with Crippen LogP contribution in [0, 0.1) is 6.92 Å². The van der Waals surface area contributed by atoms with Crippen LogP contribution in [0.3, 0.4) is 0 Å². The van der Waals surface area contributed by atoms with Crippen molar-refractivity contribution in [1.82, 2.24) is 4.90 Å². The fraction of sp³-hybridized carbons (Fsp3) is 0.355. The lowest BCUT2D eigenvalue weighted by Gasteiger charge is -2.34. The highest BCUT2D eigenvalue weighted by molar-refractivity contribution is 6.05. The number of aldehydes is 1. The first-order chi connectivity index (χ1) is 17.9. The first kappa shape index (κ1) is 27.9. The molecule has 3 aromatic carbocycles. The van der Waals surface area contributed by atoms with Crippen LogP contribution in [0.25, 0.3) is 0 Å². The van der Waals surface area contributed by atoms with Gasteiger partial charge in [0.15, 0.2) is 0 Å². The van der Waals surface area contributed by atoms with Crippen molar-refractivity contribution < 1.29 is 14.3 Å². The number of rotatable bonds is 8. The zero-order valence-electron chi connectivity index (χ0n) is 22.5. The van der Waals surface area contributed by atoms with Crippen molar-refractivity contribution >= 4 is 23.6 Å². The van der Waals surface area contributed by atoms with Gasteiger partial charge in [-0.25, -0.2) is 0 Å². The van der Waals surface area contributed by atoms with Gasteiger partial charge in [-0.05, 0) is 74.3 Å². The Kier molecular flexibility index (Phi) is 10.7. The van der Waals surface area contributed by atoms with Gasteiger partial charge in [-0.15, -0.1) is 0 Å². The van der Waals surface area contributed by atoms with Crippen LogP contribution in [-0.2, 0) is 6.42 Å². The first-order valence-electron chi connectivity index (χ1n) is 13.0. The van der Waals surface area contributed by atoms with E-state index in [0.717, 1.165) is 55.9 Å². The summed E-state index contributed by atoms with van der Waals surface area (Å²) in [7, 11) is 3.90. The van der Waals surface area contributed by atoms with Crippen molar-refractivity contribution in [1.29, 1.82) is 0 Å². The van der Waals surface area contributed by atoms with Gasteiger partial charge in [-0.3, -0.25) is 9.59 Å². The number of methoxy groups -OCH3 is 1. The van der Waals surface area contributed by atoms with E-state index in [-0.39, 0.29) is 5.91 Å². The minimum absolute atomic E-state index is 0.204. The molecule has 0 radical (unpaired) electrons. The van der Waals surface area contributed by atoms with Crippen molar-refractivity contribution in [2.75, 3.05) is 50.6 Å². The van der Waals surface area contributed by atoms with Gasteiger partial charge in [0.2, 0.25) is 0 Å². The summed E-state index contributed by atoms with van der Waals surface area (Å²) >= 11 is 0. The Morgan fingerprint density at radius 2 is 1.70 bits per heavy atom. The van der Waals surface area contributed by atoms with Crippen LogP contribution < -0.4 is 15.0 Å². The number of unbranched alkanes of at least 4 members (excludes halogenated alkanes) is 1. The standard InChI is InChI=1S/C19H21NO2.C12H18N2O/c1-3-4-5-15-7-10-18(11-8-15)20-19(22)16-9-6-14(2)17(12-16)13-21;1-13-7-9-14(10-8-13)11-5-3-4-6-12(11)15-2/h6-13H,3-5H2,1-2H3,(H,20,22);3-6H,7-10H2,1-2H3. The number of piperazine rings is 1. The maximum absolute atomic E-state index is 12.2. The van der Waals surface area contributed by atoms with E-state index in [1.165, 1.54) is 24.1 Å². The number of amides is 1. The Morgan fingerprint density at radius 3 is 2.35 bits per heavy atom. The molecule has 3 aromatic rings. The second-order valence-corrected chi connectivity index (χ2v) is 9.41. The Bertz CT molecular complexity index is 1150. The van der Waals surface area contributed by atoms with Gasteiger partial charge in [0, 0.05) is 43.0 Å². The molecule has 1 aliphatic heterocycles. The Labute approximate surface area is 221 Å². The molecule has 6 nitrogen and oxygen atoms in total. The Morgan fingerprint density at radius 1 is 1.00 bits per heavy atom. The predicted octanol–water partition coefficient (Wildman–Crippen LogP) is 5.85. The summed E-state index contributed by atoms with van der Waals surface area (Å²) in [4.78, 5) is 27.9. The maximum atomic E-state index is 12.2. The molecule has 0 aromatic heterocycles. The smallest absolute Gasteiger partial charge is 0.255 e. The molecule has 0 saturated carbocycles. The molecule has 0 bridgehead atoms. The molecule has 6 heteroatoms. The number of anilines is 2. The average molecular weight is 502 g/mol. The molecule has 4 rings (SSSR count). The lowest BCUT2D eigenvalue weighted by molar-refractivity contribution is 0.102. The van der Waals surface area contributed by atoms with Gasteiger partial charge in [-0.1, -0.05) is 43.7 Å². The normalized spacial score (nSPS) is 13.4. The van der Waals surface area contributed by atoms with Crippen LogP contribution >= 0.6 is 0 Å². The SMILES string of the molecule is CCCCc1ccc(NC(=O)c2ccc(C)c(C=O)c2)cc1.COc1ccccc1N1CCN(C)CC1. The number of carbonyl (C=O) groups excluding carboxylic acids is 2. The molecule has 1 fully saturated rings. The topological polar surface area (TPSA) is 61.9 Å². The van der Waals surface area contributed by atoms with E-state index in [2.05, 4.69) is 41.2 Å². The van der Waals surface area contributed by atoms with Crippen LogP contribution in [0.1, 0.15) is 51.6 Å². The van der Waals surface area contributed by atoms with Gasteiger partial charge in [-0.2, -0.15) is 0 Å². The van der Waals surface area contributed by atoms with E-state index in [1.54, 1.807) is 25.3 Å². The third-order valence-corrected chi connectivity index (χ3v) is 6.63. The van der Waals surface area contributed by atoms with E-state index in [1.807, 2.05) is 43.3 Å². The maximum Gasteiger partial charge on any atom is 0.255 e. The zero-order chi connectivity index (χ0) is 26.6. The summed E-state index contributed by atoms with van der Waals surface area (Å²) in [6, 6.07) is 21.3. The Hall–Kier alpha value is -3.64. The molecule has 1 amide bonds. The summed E-state index contributed by atoms with van der Waals surface area (Å²) < 4.78 is 5.37. The van der Waals surface area contributed by atoms with E-state index < -0.39 is 0 Å². The van der Waals surface area contributed by atoms with E-state index in [4.69, 9.17) is 4.74 Å². The fourth-order valence-corrected chi connectivity index (χ4v) is 4.19. The summed E-state index contributed by atoms with van der Waals surface area (Å²) in [5.74, 6) is 0.770. The van der Waals surface area contributed by atoms with Crippen LogP contribution in [0.5, 0.6) is 5.75 Å². The largest absolute Gasteiger partial charge is 0.495 e. The second kappa shape index (κ2) is 14.2. The Balaban J connectivity index is 0.000000220. The van der Waals surface area contributed by atoms with Crippen molar-refractivity contribution in [2.45, 2.75) is 33.1 Å². The van der Waals surface area contributed by atoms with Gasteiger partial charge >= 0.3 is 0 Å². The van der Waals surface area contributed by atoms with Gasteiger partial charge < -0.3 is 19.9 Å². The lowest BCUT2D eigenvalue weighted by atomic mass is 10.1.